The van der Waals surface area contributed by atoms with Gasteiger partial charge in [-0.15, -0.1) is 0 Å². The minimum absolute atomic E-state index is 0.265. The highest BCUT2D eigenvalue weighted by Gasteiger charge is 2.25. The van der Waals surface area contributed by atoms with Crippen LogP contribution in [-0.2, 0) is 6.54 Å². The molecule has 0 atom stereocenters. The molecule has 0 spiro atoms. The summed E-state index contributed by atoms with van der Waals surface area (Å²) in [5.41, 5.74) is 6.81. The Bertz CT molecular complexity index is 348. The summed E-state index contributed by atoms with van der Waals surface area (Å²) in [4.78, 5) is 14.7. The summed E-state index contributed by atoms with van der Waals surface area (Å²) < 4.78 is 5.62. The molecule has 0 radical (unpaired) electrons. The van der Waals surface area contributed by atoms with Gasteiger partial charge in [-0.3, -0.25) is 9.78 Å². The Morgan fingerprint density at radius 2 is 2.36 bits per heavy atom. The number of carbonyl (C=O) groups excluding carboxylic acids is 1. The lowest BCUT2D eigenvalue weighted by Gasteiger charge is -2.10. The molecule has 1 fully saturated rings. The van der Waals surface area contributed by atoms with Gasteiger partial charge in [0.1, 0.15) is 5.75 Å². The number of ether oxygens (including phenoxy) is 1. The molecule has 0 aromatic carbocycles. The summed E-state index contributed by atoms with van der Waals surface area (Å²) in [5.74, 6) is 0.611. The Kier molecular flexibility index (Phi) is 2.45. The van der Waals surface area contributed by atoms with Gasteiger partial charge >= 0.3 is 0 Å². The van der Waals surface area contributed by atoms with Crippen molar-refractivity contribution in [3.63, 3.8) is 0 Å². The molecule has 74 valence electrons. The summed E-state index contributed by atoms with van der Waals surface area (Å²) >= 11 is 0. The molecule has 1 aliphatic rings. The van der Waals surface area contributed by atoms with Gasteiger partial charge < -0.3 is 10.5 Å². The smallest absolute Gasteiger partial charge is 0.155 e. The Balaban J connectivity index is 2.33. The van der Waals surface area contributed by atoms with Crippen LogP contribution in [-0.4, -0.2) is 17.4 Å². The van der Waals surface area contributed by atoms with Crippen LogP contribution in [0.15, 0.2) is 12.4 Å². The molecule has 2 rings (SSSR count). The van der Waals surface area contributed by atoms with Crippen molar-refractivity contribution in [3.8, 4) is 5.75 Å². The zero-order valence-electron chi connectivity index (χ0n) is 7.77. The first kappa shape index (κ1) is 9.15. The van der Waals surface area contributed by atoms with Crippen molar-refractivity contribution < 1.29 is 9.53 Å². The number of nitrogens with zero attached hydrogens (tertiary/aromatic N) is 1. The third kappa shape index (κ3) is 1.75. The van der Waals surface area contributed by atoms with Crippen LogP contribution in [0.4, 0.5) is 0 Å². The van der Waals surface area contributed by atoms with Crippen LogP contribution in [0.25, 0.3) is 0 Å². The second-order valence-electron chi connectivity index (χ2n) is 3.36. The molecule has 0 unspecified atom stereocenters. The van der Waals surface area contributed by atoms with Crippen molar-refractivity contribution in [1.82, 2.24) is 4.98 Å². The molecule has 1 aromatic heterocycles. The molecule has 0 aliphatic heterocycles. The fraction of sp³-hybridized carbons (Fsp3) is 0.400. The van der Waals surface area contributed by atoms with Crippen LogP contribution in [0.5, 0.6) is 5.75 Å². The first-order chi connectivity index (χ1) is 6.85. The molecule has 1 heterocycles. The number of nitrogens with two attached hydrogens (primary N) is 1. The predicted octanol–water partition coefficient (Wildman–Crippen LogP) is 0.894. The van der Waals surface area contributed by atoms with E-state index in [1.54, 1.807) is 6.20 Å². The third-order valence-corrected chi connectivity index (χ3v) is 2.15. The summed E-state index contributed by atoms with van der Waals surface area (Å²) in [6, 6.07) is 0. The lowest BCUT2D eigenvalue weighted by Crippen LogP contribution is -2.07. The molecule has 1 aliphatic carbocycles. The van der Waals surface area contributed by atoms with Crippen LogP contribution < -0.4 is 10.5 Å². The van der Waals surface area contributed by atoms with Crippen LogP contribution in [0.1, 0.15) is 28.8 Å². The van der Waals surface area contributed by atoms with Gasteiger partial charge in [-0.2, -0.15) is 0 Å². The largest absolute Gasteiger partial charge is 0.489 e. The van der Waals surface area contributed by atoms with Crippen molar-refractivity contribution in [2.24, 2.45) is 5.73 Å². The highest BCUT2D eigenvalue weighted by molar-refractivity contribution is 5.79. The fourth-order valence-corrected chi connectivity index (χ4v) is 1.24. The topological polar surface area (TPSA) is 65.2 Å². The third-order valence-electron chi connectivity index (χ3n) is 2.15. The highest BCUT2D eigenvalue weighted by atomic mass is 16.5. The van der Waals surface area contributed by atoms with Crippen LogP contribution in [0.3, 0.4) is 0 Å². The maximum absolute atomic E-state index is 10.7. The van der Waals surface area contributed by atoms with Crippen LogP contribution in [0, 0.1) is 0 Å². The molecule has 0 bridgehead atoms. The van der Waals surface area contributed by atoms with Gasteiger partial charge in [-0.25, -0.2) is 0 Å². The maximum atomic E-state index is 10.7. The minimum atomic E-state index is 0.265. The van der Waals surface area contributed by atoms with Crippen molar-refractivity contribution in [3.05, 3.63) is 23.5 Å². The Morgan fingerprint density at radius 1 is 1.57 bits per heavy atom. The number of aldehydes is 1. The van der Waals surface area contributed by atoms with Crippen LogP contribution >= 0.6 is 0 Å². The van der Waals surface area contributed by atoms with Gasteiger partial charge in [0.25, 0.3) is 0 Å². The Morgan fingerprint density at radius 3 is 2.93 bits per heavy atom. The molecule has 0 amide bonds. The molecular weight excluding hydrogens is 180 g/mol. The molecule has 1 aromatic rings. The molecule has 4 heteroatoms. The lowest BCUT2D eigenvalue weighted by atomic mass is 10.2. The first-order valence-corrected chi connectivity index (χ1v) is 4.64. The van der Waals surface area contributed by atoms with Crippen molar-refractivity contribution in [2.75, 3.05) is 0 Å². The van der Waals surface area contributed by atoms with Gasteiger partial charge in [-0.05, 0) is 12.8 Å². The number of rotatable bonds is 4. The summed E-state index contributed by atoms with van der Waals surface area (Å²) in [5, 5.41) is 0. The number of aromatic nitrogens is 1. The zero-order chi connectivity index (χ0) is 9.97. The van der Waals surface area contributed by atoms with E-state index in [9.17, 15) is 4.79 Å². The maximum Gasteiger partial charge on any atom is 0.155 e. The van der Waals surface area contributed by atoms with E-state index in [2.05, 4.69) is 4.98 Å². The fourth-order valence-electron chi connectivity index (χ4n) is 1.24. The van der Waals surface area contributed by atoms with Gasteiger partial charge in [0.15, 0.2) is 6.29 Å². The van der Waals surface area contributed by atoms with E-state index in [0.29, 0.717) is 17.9 Å². The average Bonchev–Trinajstić information content (AvgIpc) is 3.02. The molecular formula is C10H12N2O2. The molecule has 1 saturated carbocycles. The van der Waals surface area contributed by atoms with E-state index in [-0.39, 0.29) is 6.10 Å². The Hall–Kier alpha value is -1.42. The minimum Gasteiger partial charge on any atom is -0.489 e. The molecule has 2 N–H and O–H groups in total. The van der Waals surface area contributed by atoms with Gasteiger partial charge in [0.05, 0.1) is 11.7 Å². The van der Waals surface area contributed by atoms with Gasteiger partial charge in [0, 0.05) is 24.5 Å². The van der Waals surface area contributed by atoms with Crippen molar-refractivity contribution >= 4 is 6.29 Å². The van der Waals surface area contributed by atoms with E-state index in [0.717, 1.165) is 24.7 Å². The average molecular weight is 192 g/mol. The predicted molar refractivity (Wildman–Crippen MR) is 51.2 cm³/mol. The van der Waals surface area contributed by atoms with Crippen molar-refractivity contribution in [2.45, 2.75) is 25.5 Å². The lowest BCUT2D eigenvalue weighted by molar-refractivity contribution is 0.111. The second-order valence-corrected chi connectivity index (χ2v) is 3.36. The molecule has 4 nitrogen and oxygen atoms in total. The molecule has 14 heavy (non-hydrogen) atoms. The first-order valence-electron chi connectivity index (χ1n) is 4.64. The number of carbonyl (C=O) groups is 1. The summed E-state index contributed by atoms with van der Waals surface area (Å²) in [6.45, 7) is 0.344. The SMILES string of the molecule is NCc1cncc(C=O)c1OC1CC1. The number of hydrogen-bond acceptors (Lipinski definition) is 4. The van der Waals surface area contributed by atoms with E-state index < -0.39 is 0 Å². The van der Waals surface area contributed by atoms with Crippen LogP contribution in [0.2, 0.25) is 0 Å². The van der Waals surface area contributed by atoms with E-state index in [4.69, 9.17) is 10.5 Å². The second kappa shape index (κ2) is 3.75. The van der Waals surface area contributed by atoms with E-state index in [1.807, 2.05) is 0 Å². The highest BCUT2D eigenvalue weighted by Crippen LogP contribution is 2.30. The summed E-state index contributed by atoms with van der Waals surface area (Å²) in [7, 11) is 0. The number of pyridine rings is 1. The van der Waals surface area contributed by atoms with Gasteiger partial charge in [-0.1, -0.05) is 0 Å². The van der Waals surface area contributed by atoms with E-state index >= 15 is 0 Å². The molecule has 0 saturated heterocycles. The van der Waals surface area contributed by atoms with Crippen molar-refractivity contribution in [1.29, 1.82) is 0 Å². The number of hydrogen-bond donors (Lipinski definition) is 1. The summed E-state index contributed by atoms with van der Waals surface area (Å²) in [6.07, 6.45) is 6.29. The normalized spacial score (nSPS) is 15.2. The zero-order valence-corrected chi connectivity index (χ0v) is 7.77. The quantitative estimate of drug-likeness (QED) is 0.719. The van der Waals surface area contributed by atoms with E-state index in [1.165, 1.54) is 6.20 Å². The van der Waals surface area contributed by atoms with Gasteiger partial charge in [0.2, 0.25) is 0 Å². The monoisotopic (exact) mass is 192 g/mol. The Labute approximate surface area is 82.1 Å². The standard InChI is InChI=1S/C10H12N2O2/c11-3-7-4-12-5-8(6-13)10(7)14-9-1-2-9/h4-6,9H,1-3,11H2.